The molecule has 1 unspecified atom stereocenters. The van der Waals surface area contributed by atoms with Crippen LogP contribution in [0.5, 0.6) is 5.75 Å². The number of ether oxygens (including phenoxy) is 1. The first-order valence-electron chi connectivity index (χ1n) is 8.23. The Labute approximate surface area is 131 Å². The smallest absolute Gasteiger partial charge is 0.159 e. The number of aryl methyl sites for hydroxylation is 1. The predicted octanol–water partition coefficient (Wildman–Crippen LogP) is 4.07. The molecule has 2 atom stereocenters. The monoisotopic (exact) mass is 300 g/mol. The molecule has 3 heteroatoms. The molecule has 4 bridgehead atoms. The fourth-order valence-corrected chi connectivity index (χ4v) is 3.11. The van der Waals surface area contributed by atoms with E-state index in [0.29, 0.717) is 6.42 Å². The van der Waals surface area contributed by atoms with E-state index in [1.165, 1.54) is 11.1 Å². The third-order valence-corrected chi connectivity index (χ3v) is 4.52. The summed E-state index contributed by atoms with van der Waals surface area (Å²) in [5.41, 5.74) is 2.52. The molecule has 1 aliphatic carbocycles. The lowest BCUT2D eigenvalue weighted by molar-refractivity contribution is 0.147. The van der Waals surface area contributed by atoms with Gasteiger partial charge in [0.1, 0.15) is 11.5 Å². The molecule has 0 aromatic heterocycles. The van der Waals surface area contributed by atoms with Gasteiger partial charge in [0, 0.05) is 6.42 Å². The van der Waals surface area contributed by atoms with E-state index in [1.807, 2.05) is 18.2 Å². The number of hydrogen-bond donors (Lipinski definition) is 2. The van der Waals surface area contributed by atoms with Crippen LogP contribution < -0.4 is 4.74 Å². The molecule has 1 aromatic rings. The van der Waals surface area contributed by atoms with E-state index in [-0.39, 0.29) is 18.0 Å². The van der Waals surface area contributed by atoms with Gasteiger partial charge in [-0.25, -0.2) is 0 Å². The molecular weight excluding hydrogens is 276 g/mol. The lowest BCUT2D eigenvalue weighted by atomic mass is 9.95. The van der Waals surface area contributed by atoms with Crippen molar-refractivity contribution < 1.29 is 14.9 Å². The molecule has 0 fully saturated rings. The zero-order valence-corrected chi connectivity index (χ0v) is 12.9. The first kappa shape index (κ1) is 15.2. The summed E-state index contributed by atoms with van der Waals surface area (Å²) in [5, 5.41) is 20.1. The van der Waals surface area contributed by atoms with E-state index >= 15 is 0 Å². The van der Waals surface area contributed by atoms with Crippen LogP contribution >= 0.6 is 0 Å². The molecule has 2 heterocycles. The summed E-state index contributed by atoms with van der Waals surface area (Å²) >= 11 is 0. The Morgan fingerprint density at radius 1 is 0.955 bits per heavy atom. The molecule has 3 nitrogen and oxygen atoms in total. The van der Waals surface area contributed by atoms with Crippen LogP contribution in [0.1, 0.15) is 44.1 Å². The Bertz CT molecular complexity index is 557. The van der Waals surface area contributed by atoms with E-state index in [2.05, 4.69) is 12.1 Å². The fraction of sp³-hybridized carbons (Fsp3) is 0.474. The van der Waals surface area contributed by atoms with Gasteiger partial charge in [-0.05, 0) is 55.9 Å². The topological polar surface area (TPSA) is 49.7 Å². The molecule has 0 saturated carbocycles. The van der Waals surface area contributed by atoms with Crippen LogP contribution in [0.4, 0.5) is 0 Å². The standard InChI is InChI=1S/C19H24O3/c20-16-4-2-1-3-14-6-10-17(11-7-14)22-19-13-15(5-9-16)8-12-18(19)21/h6-8,10-12,16,19-21H,1-5,9,13H2/t16-,19?/m1/s1. The minimum Gasteiger partial charge on any atom is -0.508 e. The number of benzene rings is 1. The van der Waals surface area contributed by atoms with E-state index < -0.39 is 0 Å². The van der Waals surface area contributed by atoms with Gasteiger partial charge >= 0.3 is 0 Å². The zero-order valence-electron chi connectivity index (χ0n) is 12.9. The van der Waals surface area contributed by atoms with Crippen molar-refractivity contribution in [1.29, 1.82) is 0 Å². The number of hydrogen-bond acceptors (Lipinski definition) is 3. The van der Waals surface area contributed by atoms with Crippen molar-refractivity contribution in [3.63, 3.8) is 0 Å². The molecular formula is C19H24O3. The predicted molar refractivity (Wildman–Crippen MR) is 87.1 cm³/mol. The SMILES string of the molecule is OC1=CC=C2CC[C@H](O)CCCCc3ccc(cc3)OC1C2. The van der Waals surface area contributed by atoms with Gasteiger partial charge in [0.2, 0.25) is 0 Å². The van der Waals surface area contributed by atoms with Crippen molar-refractivity contribution in [3.05, 3.63) is 53.3 Å². The molecule has 0 radical (unpaired) electrons. The Hall–Kier alpha value is -1.74. The lowest BCUT2D eigenvalue weighted by Crippen LogP contribution is -2.22. The normalized spacial score (nSPS) is 26.2. The Morgan fingerprint density at radius 3 is 2.59 bits per heavy atom. The largest absolute Gasteiger partial charge is 0.508 e. The quantitative estimate of drug-likeness (QED) is 0.759. The molecule has 3 aliphatic rings. The van der Waals surface area contributed by atoms with Crippen LogP contribution in [-0.2, 0) is 6.42 Å². The van der Waals surface area contributed by atoms with Gasteiger partial charge < -0.3 is 14.9 Å². The molecule has 2 aliphatic heterocycles. The number of allylic oxidation sites excluding steroid dienone is 2. The third kappa shape index (κ3) is 3.92. The highest BCUT2D eigenvalue weighted by molar-refractivity contribution is 5.30. The van der Waals surface area contributed by atoms with Crippen molar-refractivity contribution >= 4 is 0 Å². The maximum Gasteiger partial charge on any atom is 0.159 e. The highest BCUT2D eigenvalue weighted by atomic mass is 16.5. The zero-order chi connectivity index (χ0) is 15.4. The molecule has 2 N–H and O–H groups in total. The molecule has 0 saturated heterocycles. The Kier molecular flexibility index (Phi) is 4.84. The van der Waals surface area contributed by atoms with E-state index in [0.717, 1.165) is 44.3 Å². The van der Waals surface area contributed by atoms with Crippen molar-refractivity contribution in [3.8, 4) is 5.75 Å². The maximum absolute atomic E-state index is 10.1. The number of rotatable bonds is 0. The molecule has 4 rings (SSSR count). The minimum absolute atomic E-state index is 0.230. The Balaban J connectivity index is 1.78. The van der Waals surface area contributed by atoms with Gasteiger partial charge in [-0.3, -0.25) is 0 Å². The summed E-state index contributed by atoms with van der Waals surface area (Å²) in [6.07, 6.45) is 9.55. The van der Waals surface area contributed by atoms with Crippen molar-refractivity contribution in [1.82, 2.24) is 0 Å². The molecule has 0 spiro atoms. The molecule has 22 heavy (non-hydrogen) atoms. The van der Waals surface area contributed by atoms with Crippen molar-refractivity contribution in [2.45, 2.75) is 57.2 Å². The summed E-state index contributed by atoms with van der Waals surface area (Å²) in [5.74, 6) is 1.07. The fourth-order valence-electron chi connectivity index (χ4n) is 3.11. The second-order valence-corrected chi connectivity index (χ2v) is 6.31. The average Bonchev–Trinajstić information content (AvgIpc) is 2.54. The van der Waals surface area contributed by atoms with Crippen molar-refractivity contribution in [2.24, 2.45) is 0 Å². The number of fused-ring (bicyclic) bond motifs is 8. The first-order valence-corrected chi connectivity index (χ1v) is 8.23. The number of aliphatic hydroxyl groups excluding tert-OH is 2. The minimum atomic E-state index is -0.312. The third-order valence-electron chi connectivity index (χ3n) is 4.52. The maximum atomic E-state index is 10.1. The number of aliphatic hydroxyl groups is 2. The van der Waals surface area contributed by atoms with Crippen LogP contribution in [0.3, 0.4) is 0 Å². The summed E-state index contributed by atoms with van der Waals surface area (Å²) in [6.45, 7) is 0. The Morgan fingerprint density at radius 2 is 1.77 bits per heavy atom. The van der Waals surface area contributed by atoms with E-state index in [9.17, 15) is 10.2 Å². The van der Waals surface area contributed by atoms with E-state index in [1.54, 1.807) is 6.08 Å². The molecule has 0 amide bonds. The van der Waals surface area contributed by atoms with Crippen LogP contribution in [0.2, 0.25) is 0 Å². The van der Waals surface area contributed by atoms with Crippen LogP contribution in [0, 0.1) is 0 Å². The molecule has 118 valence electrons. The van der Waals surface area contributed by atoms with Gasteiger partial charge in [-0.15, -0.1) is 0 Å². The highest BCUT2D eigenvalue weighted by Crippen LogP contribution is 2.27. The van der Waals surface area contributed by atoms with Crippen LogP contribution in [-0.4, -0.2) is 22.4 Å². The van der Waals surface area contributed by atoms with Gasteiger partial charge in [-0.1, -0.05) is 30.2 Å². The summed E-state index contributed by atoms with van der Waals surface area (Å²) < 4.78 is 5.93. The summed E-state index contributed by atoms with van der Waals surface area (Å²) in [6, 6.07) is 8.14. The first-order chi connectivity index (χ1) is 10.7. The van der Waals surface area contributed by atoms with Crippen molar-refractivity contribution in [2.75, 3.05) is 0 Å². The van der Waals surface area contributed by atoms with Crippen LogP contribution in [0.25, 0.3) is 0 Å². The van der Waals surface area contributed by atoms with Gasteiger partial charge in [0.15, 0.2) is 6.10 Å². The second-order valence-electron chi connectivity index (χ2n) is 6.31. The summed E-state index contributed by atoms with van der Waals surface area (Å²) in [4.78, 5) is 0. The van der Waals surface area contributed by atoms with E-state index in [4.69, 9.17) is 4.74 Å². The average molecular weight is 300 g/mol. The lowest BCUT2D eigenvalue weighted by Gasteiger charge is -2.23. The highest BCUT2D eigenvalue weighted by Gasteiger charge is 2.21. The summed E-state index contributed by atoms with van der Waals surface area (Å²) in [7, 11) is 0. The van der Waals surface area contributed by atoms with Gasteiger partial charge in [-0.2, -0.15) is 0 Å². The second kappa shape index (κ2) is 7.01. The van der Waals surface area contributed by atoms with Gasteiger partial charge in [0.05, 0.1) is 6.10 Å². The molecule has 1 aromatic carbocycles. The van der Waals surface area contributed by atoms with Crippen LogP contribution in [0.15, 0.2) is 47.7 Å². The van der Waals surface area contributed by atoms with Gasteiger partial charge in [0.25, 0.3) is 0 Å².